The van der Waals surface area contributed by atoms with Gasteiger partial charge in [0.2, 0.25) is 0 Å². The molecule has 5 nitrogen and oxygen atoms in total. The number of hydrogen-bond donors (Lipinski definition) is 0. The lowest BCUT2D eigenvalue weighted by molar-refractivity contribution is 0.958. The van der Waals surface area contributed by atoms with Gasteiger partial charge in [-0.3, -0.25) is 0 Å². The number of nitrogens with zero attached hydrogens (tertiary/aromatic N) is 5. The van der Waals surface area contributed by atoms with E-state index >= 15 is 0 Å². The Morgan fingerprint density at radius 1 is 0.579 bits per heavy atom. The Kier molecular flexibility index (Phi) is 6.79. The Balaban J connectivity index is 1.27. The third kappa shape index (κ3) is 4.55. The molecule has 0 N–H and O–H groups in total. The molecule has 8 aromatic carbocycles. The highest BCUT2D eigenvalue weighted by Gasteiger charge is 2.45. The molecule has 2 aromatic heterocycles. The molecular formula is C51H36BN5. The third-order valence-electron chi connectivity index (χ3n) is 12.1. The van der Waals surface area contributed by atoms with Gasteiger partial charge in [-0.25, -0.2) is 4.98 Å². The minimum absolute atomic E-state index is 0.116. The average molecular weight is 730 g/mol. The summed E-state index contributed by atoms with van der Waals surface area (Å²) in [6.45, 7) is 2.05. The molecule has 6 heteroatoms. The molecule has 2 aliphatic heterocycles. The first-order valence-corrected chi connectivity index (χ1v) is 19.7. The first-order chi connectivity index (χ1) is 28.1. The smallest absolute Gasteiger partial charge is 0.333 e. The topological polar surface area (TPSA) is 29.2 Å². The van der Waals surface area contributed by atoms with Crippen LogP contribution in [0, 0.1) is 6.92 Å². The number of aryl methyl sites for hydroxylation is 2. The van der Waals surface area contributed by atoms with Crippen molar-refractivity contribution in [1.29, 1.82) is 0 Å². The van der Waals surface area contributed by atoms with E-state index in [2.05, 4.69) is 215 Å². The summed E-state index contributed by atoms with van der Waals surface area (Å²) >= 11 is 0. The van der Waals surface area contributed by atoms with Gasteiger partial charge in [0.05, 0.1) is 27.8 Å². The van der Waals surface area contributed by atoms with E-state index in [-0.39, 0.29) is 6.85 Å². The lowest BCUT2D eigenvalue weighted by Crippen LogP contribution is -2.60. The van der Waals surface area contributed by atoms with Gasteiger partial charge in [0.1, 0.15) is 5.82 Å². The van der Waals surface area contributed by atoms with Gasteiger partial charge in [0.25, 0.3) is 0 Å². The highest BCUT2D eigenvalue weighted by atomic mass is 15.2. The van der Waals surface area contributed by atoms with Gasteiger partial charge in [0.15, 0.2) is 0 Å². The number of para-hydroxylation sites is 4. The van der Waals surface area contributed by atoms with Crippen LogP contribution >= 0.6 is 0 Å². The Morgan fingerprint density at radius 3 is 1.96 bits per heavy atom. The summed E-state index contributed by atoms with van der Waals surface area (Å²) in [4.78, 5) is 10.4. The summed E-state index contributed by atoms with van der Waals surface area (Å²) in [7, 11) is 2.15. The van der Waals surface area contributed by atoms with Crippen LogP contribution in [-0.2, 0) is 7.05 Å². The third-order valence-corrected chi connectivity index (χ3v) is 12.1. The molecular weight excluding hydrogens is 693 g/mol. The highest BCUT2D eigenvalue weighted by Crippen LogP contribution is 2.50. The molecule has 4 heterocycles. The van der Waals surface area contributed by atoms with Crippen LogP contribution in [0.4, 0.5) is 28.4 Å². The van der Waals surface area contributed by atoms with Crippen LogP contribution in [0.1, 0.15) is 5.56 Å². The van der Waals surface area contributed by atoms with E-state index in [1.807, 2.05) is 0 Å². The van der Waals surface area contributed by atoms with Gasteiger partial charge >= 0.3 is 6.85 Å². The second-order valence-electron chi connectivity index (χ2n) is 15.3. The molecule has 268 valence electrons. The largest absolute Gasteiger partial charge is 0.376 e. The van der Waals surface area contributed by atoms with Gasteiger partial charge in [-0.2, -0.15) is 0 Å². The molecule has 0 atom stereocenters. The van der Waals surface area contributed by atoms with Crippen molar-refractivity contribution in [3.8, 4) is 28.2 Å². The molecule has 0 radical (unpaired) electrons. The van der Waals surface area contributed by atoms with Crippen molar-refractivity contribution in [1.82, 2.24) is 14.1 Å². The van der Waals surface area contributed by atoms with Crippen molar-refractivity contribution in [2.45, 2.75) is 6.92 Å². The fraction of sp³-hybridized carbons (Fsp3) is 0.0392. The number of anilines is 5. The van der Waals surface area contributed by atoms with Crippen LogP contribution in [0.15, 0.2) is 182 Å². The van der Waals surface area contributed by atoms with Crippen molar-refractivity contribution in [2.75, 3.05) is 9.71 Å². The summed E-state index contributed by atoms with van der Waals surface area (Å²) in [5, 5.41) is 2.47. The molecule has 12 rings (SSSR count). The number of aromatic nitrogens is 3. The van der Waals surface area contributed by atoms with Gasteiger partial charge in [-0.05, 0) is 90.1 Å². The molecule has 2 aliphatic rings. The number of hydrogen-bond acceptors (Lipinski definition) is 3. The lowest BCUT2D eigenvalue weighted by atomic mass is 9.44. The standard InChI is InChI=1S/C51H36BN5/c1-33-26-28-37(29-27-33)57-44-25-15-12-22-38(44)40-30-47(55(35-18-8-4-9-19-35)36-20-10-5-11-21-36)48-39-23-13-14-24-43(39)56-45-32-46-42(31-41(45)52(57)49(40)50(48)56)53-51(54(46)2)34-16-6-3-7-17-34/h3-32H,1-2H3. The molecule has 0 saturated carbocycles. The van der Waals surface area contributed by atoms with Crippen molar-refractivity contribution in [2.24, 2.45) is 7.05 Å². The van der Waals surface area contributed by atoms with Crippen LogP contribution in [0.3, 0.4) is 0 Å². The van der Waals surface area contributed by atoms with Gasteiger partial charge in [-0.1, -0.05) is 121 Å². The fourth-order valence-electron chi connectivity index (χ4n) is 9.65. The Hall–Kier alpha value is -7.31. The second-order valence-corrected chi connectivity index (χ2v) is 15.3. The number of fused-ring (bicyclic) bond motifs is 9. The minimum atomic E-state index is -0.116. The molecule has 10 aromatic rings. The van der Waals surface area contributed by atoms with E-state index < -0.39 is 0 Å². The Morgan fingerprint density at radius 2 is 1.23 bits per heavy atom. The van der Waals surface area contributed by atoms with Crippen molar-refractivity contribution in [3.05, 3.63) is 188 Å². The van der Waals surface area contributed by atoms with Crippen LogP contribution in [0.5, 0.6) is 0 Å². The molecule has 57 heavy (non-hydrogen) atoms. The Bertz CT molecular complexity index is 3160. The quantitative estimate of drug-likeness (QED) is 0.165. The summed E-state index contributed by atoms with van der Waals surface area (Å²) in [5.41, 5.74) is 18.8. The monoisotopic (exact) mass is 729 g/mol. The van der Waals surface area contributed by atoms with Crippen LogP contribution in [0.25, 0.3) is 61.0 Å². The lowest BCUT2D eigenvalue weighted by Gasteiger charge is -2.42. The maximum absolute atomic E-state index is 5.34. The van der Waals surface area contributed by atoms with E-state index in [1.165, 1.54) is 60.8 Å². The first kappa shape index (κ1) is 32.0. The van der Waals surface area contributed by atoms with E-state index in [0.29, 0.717) is 0 Å². The zero-order valence-electron chi connectivity index (χ0n) is 31.6. The van der Waals surface area contributed by atoms with Crippen LogP contribution < -0.4 is 20.6 Å². The second kappa shape index (κ2) is 12.1. The Labute approximate surface area is 331 Å². The summed E-state index contributed by atoms with van der Waals surface area (Å²) in [5.74, 6) is 0.960. The summed E-state index contributed by atoms with van der Waals surface area (Å²) < 4.78 is 4.81. The maximum Gasteiger partial charge on any atom is 0.333 e. The number of benzene rings is 8. The summed E-state index contributed by atoms with van der Waals surface area (Å²) in [6, 6.07) is 66.4. The number of imidazole rings is 1. The molecule has 0 amide bonds. The SMILES string of the molecule is Cc1ccc(N2B3c4cc5nc(-c6ccccc6)n(C)c5cc4-n4c5ccccc5c5c(N(c6ccccc6)c6ccccc6)cc(c3c54)-c3ccccc32)cc1. The molecule has 0 spiro atoms. The minimum Gasteiger partial charge on any atom is -0.376 e. The molecule has 0 fully saturated rings. The normalized spacial score (nSPS) is 12.7. The average Bonchev–Trinajstić information content (AvgIpc) is 3.79. The fourth-order valence-corrected chi connectivity index (χ4v) is 9.65. The zero-order valence-corrected chi connectivity index (χ0v) is 31.6. The van der Waals surface area contributed by atoms with Crippen molar-refractivity contribution >= 4 is 79.0 Å². The van der Waals surface area contributed by atoms with Crippen LogP contribution in [0.2, 0.25) is 0 Å². The predicted molar refractivity (Wildman–Crippen MR) is 239 cm³/mol. The van der Waals surface area contributed by atoms with Crippen molar-refractivity contribution in [3.63, 3.8) is 0 Å². The predicted octanol–water partition coefficient (Wildman–Crippen LogP) is 11.4. The first-order valence-electron chi connectivity index (χ1n) is 19.7. The molecule has 0 unspecified atom stereocenters. The van der Waals surface area contributed by atoms with E-state index in [0.717, 1.165) is 45.2 Å². The van der Waals surface area contributed by atoms with Crippen molar-refractivity contribution < 1.29 is 0 Å². The maximum atomic E-state index is 5.34. The highest BCUT2D eigenvalue weighted by molar-refractivity contribution is 6.94. The zero-order chi connectivity index (χ0) is 37.8. The van der Waals surface area contributed by atoms with E-state index in [1.54, 1.807) is 0 Å². The molecule has 0 aliphatic carbocycles. The molecule has 0 bridgehead atoms. The molecule has 0 saturated heterocycles. The van der Waals surface area contributed by atoms with Gasteiger partial charge in [0, 0.05) is 57.4 Å². The summed E-state index contributed by atoms with van der Waals surface area (Å²) in [6.07, 6.45) is 0. The van der Waals surface area contributed by atoms with Gasteiger partial charge < -0.3 is 18.8 Å². The van der Waals surface area contributed by atoms with E-state index in [4.69, 9.17) is 4.98 Å². The number of rotatable bonds is 5. The van der Waals surface area contributed by atoms with Crippen LogP contribution in [-0.4, -0.2) is 21.0 Å². The van der Waals surface area contributed by atoms with E-state index in [9.17, 15) is 0 Å². The van der Waals surface area contributed by atoms with Gasteiger partial charge in [-0.15, -0.1) is 0 Å².